The summed E-state index contributed by atoms with van der Waals surface area (Å²) >= 11 is 0. The molecule has 2 heteroatoms. The largest absolute Gasteiger partial charge is 0.495 e. The van der Waals surface area contributed by atoms with Crippen molar-refractivity contribution < 1.29 is 4.74 Å². The molecule has 0 unspecified atom stereocenters. The van der Waals surface area contributed by atoms with E-state index >= 15 is 0 Å². The average Bonchev–Trinajstić information content (AvgIpc) is 2.31. The van der Waals surface area contributed by atoms with Gasteiger partial charge in [-0.2, -0.15) is 0 Å². The van der Waals surface area contributed by atoms with E-state index in [9.17, 15) is 0 Å². The van der Waals surface area contributed by atoms with Gasteiger partial charge in [-0.1, -0.05) is 13.0 Å². The second-order valence-corrected chi connectivity index (χ2v) is 4.06. The molecule has 0 bridgehead atoms. The molecule has 0 aromatic rings. The maximum atomic E-state index is 5.77. The number of hydrogen-bond donors (Lipinski definition) is 0. The fraction of sp³-hybridized carbons (Fsp3) is 0.714. The SMILES string of the molecule is C/C=C(\C)OC1CCN(CC)CC1.C=CC. The van der Waals surface area contributed by atoms with E-state index in [0.717, 1.165) is 5.76 Å². The molecule has 1 heterocycles. The third-order valence-electron chi connectivity index (χ3n) is 2.74. The van der Waals surface area contributed by atoms with Gasteiger partial charge in [0, 0.05) is 13.1 Å². The lowest BCUT2D eigenvalue weighted by Crippen LogP contribution is -2.36. The van der Waals surface area contributed by atoms with Crippen LogP contribution in [-0.4, -0.2) is 30.6 Å². The maximum Gasteiger partial charge on any atom is 0.101 e. The Morgan fingerprint density at radius 1 is 1.38 bits per heavy atom. The van der Waals surface area contributed by atoms with Crippen molar-refractivity contribution in [2.45, 2.75) is 46.6 Å². The molecule has 1 saturated heterocycles. The molecule has 94 valence electrons. The van der Waals surface area contributed by atoms with Gasteiger partial charge in [0.15, 0.2) is 0 Å². The van der Waals surface area contributed by atoms with Crippen LogP contribution in [0.2, 0.25) is 0 Å². The summed E-state index contributed by atoms with van der Waals surface area (Å²) in [5.41, 5.74) is 0. The standard InChI is InChI=1S/C11H21NO.C3H6/c1-4-10(3)13-11-6-8-12(5-2)9-7-11;1-3-2/h4,11H,5-9H2,1-3H3;3H,1H2,2H3/b10-4+;. The summed E-state index contributed by atoms with van der Waals surface area (Å²) < 4.78 is 5.77. The Kier molecular flexibility index (Phi) is 9.02. The lowest BCUT2D eigenvalue weighted by molar-refractivity contribution is 0.0527. The summed E-state index contributed by atoms with van der Waals surface area (Å²) in [7, 11) is 0. The Labute approximate surface area is 101 Å². The molecule has 0 aromatic carbocycles. The highest BCUT2D eigenvalue weighted by atomic mass is 16.5. The molecular formula is C14H27NO. The van der Waals surface area contributed by atoms with Crippen LogP contribution in [0.15, 0.2) is 24.5 Å². The maximum absolute atomic E-state index is 5.77. The van der Waals surface area contributed by atoms with Gasteiger partial charge in [0.1, 0.15) is 6.10 Å². The van der Waals surface area contributed by atoms with E-state index < -0.39 is 0 Å². The molecule has 1 fully saturated rings. The van der Waals surface area contributed by atoms with Gasteiger partial charge in [-0.15, -0.1) is 6.58 Å². The van der Waals surface area contributed by atoms with Crippen LogP contribution < -0.4 is 0 Å². The van der Waals surface area contributed by atoms with Gasteiger partial charge < -0.3 is 9.64 Å². The molecule has 0 N–H and O–H groups in total. The van der Waals surface area contributed by atoms with Gasteiger partial charge in [0.25, 0.3) is 0 Å². The third kappa shape index (κ3) is 6.67. The first kappa shape index (κ1) is 15.2. The Morgan fingerprint density at radius 2 is 1.88 bits per heavy atom. The van der Waals surface area contributed by atoms with Gasteiger partial charge >= 0.3 is 0 Å². The van der Waals surface area contributed by atoms with E-state index in [4.69, 9.17) is 4.74 Å². The van der Waals surface area contributed by atoms with E-state index in [2.05, 4.69) is 18.4 Å². The third-order valence-corrected chi connectivity index (χ3v) is 2.74. The molecule has 0 aliphatic carbocycles. The number of allylic oxidation sites excluding steroid dienone is 3. The molecule has 1 rings (SSSR count). The molecule has 0 atom stereocenters. The average molecular weight is 225 g/mol. The minimum absolute atomic E-state index is 0.457. The molecule has 0 amide bonds. The molecule has 16 heavy (non-hydrogen) atoms. The predicted octanol–water partition coefficient (Wildman–Crippen LogP) is 3.60. The van der Waals surface area contributed by atoms with Crippen molar-refractivity contribution in [2.24, 2.45) is 0 Å². The molecule has 1 aliphatic rings. The number of ether oxygens (including phenoxy) is 1. The van der Waals surface area contributed by atoms with Crippen molar-refractivity contribution in [3.63, 3.8) is 0 Å². The van der Waals surface area contributed by atoms with Crippen LogP contribution in [0.3, 0.4) is 0 Å². The summed E-state index contributed by atoms with van der Waals surface area (Å²) in [6.07, 6.45) is 6.60. The number of rotatable bonds is 3. The minimum atomic E-state index is 0.457. The summed E-state index contributed by atoms with van der Waals surface area (Å²) in [5, 5.41) is 0. The number of nitrogens with zero attached hydrogens (tertiary/aromatic N) is 1. The van der Waals surface area contributed by atoms with Crippen molar-refractivity contribution in [2.75, 3.05) is 19.6 Å². The molecule has 0 radical (unpaired) electrons. The molecule has 0 aromatic heterocycles. The first-order chi connectivity index (χ1) is 7.67. The molecular weight excluding hydrogens is 198 g/mol. The normalized spacial score (nSPS) is 18.6. The first-order valence-corrected chi connectivity index (χ1v) is 6.26. The quantitative estimate of drug-likeness (QED) is 0.537. The van der Waals surface area contributed by atoms with E-state index in [0.29, 0.717) is 6.10 Å². The van der Waals surface area contributed by atoms with Crippen LogP contribution in [0.25, 0.3) is 0 Å². The van der Waals surface area contributed by atoms with Crippen LogP contribution in [0, 0.1) is 0 Å². The number of piperidine rings is 1. The van der Waals surface area contributed by atoms with Gasteiger partial charge in [-0.3, -0.25) is 0 Å². The lowest BCUT2D eigenvalue weighted by atomic mass is 10.1. The zero-order valence-electron chi connectivity index (χ0n) is 11.3. The van der Waals surface area contributed by atoms with Gasteiger partial charge in [0.2, 0.25) is 0 Å². The van der Waals surface area contributed by atoms with E-state index in [1.807, 2.05) is 26.8 Å². The van der Waals surface area contributed by atoms with E-state index in [-0.39, 0.29) is 0 Å². The van der Waals surface area contributed by atoms with E-state index in [1.165, 1.54) is 32.5 Å². The zero-order chi connectivity index (χ0) is 12.4. The topological polar surface area (TPSA) is 12.5 Å². The Bertz CT molecular complexity index is 203. The minimum Gasteiger partial charge on any atom is -0.495 e. The van der Waals surface area contributed by atoms with Crippen LogP contribution in [0.1, 0.15) is 40.5 Å². The zero-order valence-corrected chi connectivity index (χ0v) is 11.3. The summed E-state index contributed by atoms with van der Waals surface area (Å²) in [5.74, 6) is 1.06. The summed E-state index contributed by atoms with van der Waals surface area (Å²) in [6.45, 7) is 15.1. The highest BCUT2D eigenvalue weighted by Crippen LogP contribution is 2.15. The monoisotopic (exact) mass is 225 g/mol. The van der Waals surface area contributed by atoms with Crippen molar-refractivity contribution in [3.05, 3.63) is 24.5 Å². The van der Waals surface area contributed by atoms with Gasteiger partial charge in [0.05, 0.1) is 5.76 Å². The second kappa shape index (κ2) is 9.46. The summed E-state index contributed by atoms with van der Waals surface area (Å²) in [4.78, 5) is 2.48. The Hall–Kier alpha value is -0.760. The smallest absolute Gasteiger partial charge is 0.101 e. The summed E-state index contributed by atoms with van der Waals surface area (Å²) in [6, 6.07) is 0. The molecule has 1 aliphatic heterocycles. The fourth-order valence-corrected chi connectivity index (χ4v) is 1.67. The Balaban J connectivity index is 0.000000673. The Morgan fingerprint density at radius 3 is 2.25 bits per heavy atom. The van der Waals surface area contributed by atoms with Crippen molar-refractivity contribution in [3.8, 4) is 0 Å². The van der Waals surface area contributed by atoms with E-state index in [1.54, 1.807) is 6.08 Å². The second-order valence-electron chi connectivity index (χ2n) is 4.06. The van der Waals surface area contributed by atoms with Crippen LogP contribution >= 0.6 is 0 Å². The van der Waals surface area contributed by atoms with Crippen LogP contribution in [0.4, 0.5) is 0 Å². The molecule has 0 spiro atoms. The van der Waals surface area contributed by atoms with Crippen LogP contribution in [0.5, 0.6) is 0 Å². The highest BCUT2D eigenvalue weighted by Gasteiger charge is 2.18. The highest BCUT2D eigenvalue weighted by molar-refractivity contribution is 4.87. The van der Waals surface area contributed by atoms with Crippen molar-refractivity contribution in [1.82, 2.24) is 4.90 Å². The number of likely N-dealkylation sites (tertiary alicyclic amines) is 1. The van der Waals surface area contributed by atoms with Crippen molar-refractivity contribution in [1.29, 1.82) is 0 Å². The predicted molar refractivity (Wildman–Crippen MR) is 71.5 cm³/mol. The number of hydrogen-bond acceptors (Lipinski definition) is 2. The van der Waals surface area contributed by atoms with Crippen LogP contribution in [-0.2, 0) is 4.74 Å². The lowest BCUT2D eigenvalue weighted by Gasteiger charge is -2.31. The fourth-order valence-electron chi connectivity index (χ4n) is 1.67. The first-order valence-electron chi connectivity index (χ1n) is 6.26. The van der Waals surface area contributed by atoms with Gasteiger partial charge in [-0.05, 0) is 46.2 Å². The van der Waals surface area contributed by atoms with Crippen molar-refractivity contribution >= 4 is 0 Å². The molecule has 0 saturated carbocycles. The van der Waals surface area contributed by atoms with Gasteiger partial charge in [-0.25, -0.2) is 0 Å². The molecule has 2 nitrogen and oxygen atoms in total.